The number of carboxylic acid groups (broad SMARTS) is 1. The van der Waals surface area contributed by atoms with Crippen molar-refractivity contribution in [2.75, 3.05) is 0 Å². The number of carboxylic acids is 1. The molecule has 1 aliphatic carbocycles. The summed E-state index contributed by atoms with van der Waals surface area (Å²) in [7, 11) is 1.74. The predicted octanol–water partition coefficient (Wildman–Crippen LogP) is 1.51. The maximum Gasteiger partial charge on any atom is 0.339 e. The topological polar surface area (TPSA) is 98.7 Å². The molecule has 0 spiro atoms. The molecule has 1 saturated carbocycles. The van der Waals surface area contributed by atoms with Crippen LogP contribution in [0.25, 0.3) is 0 Å². The molecular weight excluding hydrogens is 292 g/mol. The number of tetrazole rings is 1. The van der Waals surface area contributed by atoms with Gasteiger partial charge in [-0.15, -0.1) is 5.10 Å². The zero-order valence-corrected chi connectivity index (χ0v) is 12.5. The highest BCUT2D eigenvalue weighted by Gasteiger charge is 2.22. The first-order valence-electron chi connectivity index (χ1n) is 6.81. The maximum atomic E-state index is 11.2. The normalized spacial score (nSPS) is 15.7. The lowest BCUT2D eigenvalue weighted by atomic mass is 10.3. The molecule has 0 aromatic carbocycles. The van der Waals surface area contributed by atoms with Crippen LogP contribution in [-0.2, 0) is 12.8 Å². The molecule has 1 aliphatic rings. The van der Waals surface area contributed by atoms with Gasteiger partial charge >= 0.3 is 5.97 Å². The molecule has 0 aliphatic heterocycles. The molecule has 0 saturated heterocycles. The van der Waals surface area contributed by atoms with Crippen LogP contribution in [0.2, 0.25) is 0 Å². The Balaban J connectivity index is 1.75. The van der Waals surface area contributed by atoms with Gasteiger partial charge in [-0.25, -0.2) is 9.48 Å². The summed E-state index contributed by atoms with van der Waals surface area (Å²) < 4.78 is 3.45. The van der Waals surface area contributed by atoms with Crippen LogP contribution in [0.3, 0.4) is 0 Å². The van der Waals surface area contributed by atoms with Gasteiger partial charge in [0, 0.05) is 12.8 Å². The average molecular weight is 308 g/mol. The van der Waals surface area contributed by atoms with Crippen LogP contribution in [0.1, 0.15) is 47.8 Å². The van der Waals surface area contributed by atoms with E-state index in [1.54, 1.807) is 11.7 Å². The van der Waals surface area contributed by atoms with Crippen molar-refractivity contribution in [3.8, 4) is 0 Å². The lowest BCUT2D eigenvalue weighted by Gasteiger charge is -2.10. The van der Waals surface area contributed by atoms with E-state index < -0.39 is 5.97 Å². The summed E-state index contributed by atoms with van der Waals surface area (Å²) in [6.07, 6.45) is 5.99. The third-order valence-electron chi connectivity index (χ3n) is 3.76. The number of rotatable bonds is 5. The Labute approximate surface area is 125 Å². The van der Waals surface area contributed by atoms with Crippen molar-refractivity contribution in [3.63, 3.8) is 0 Å². The van der Waals surface area contributed by atoms with E-state index in [2.05, 4.69) is 20.6 Å². The number of hydrogen-bond donors (Lipinski definition) is 1. The van der Waals surface area contributed by atoms with Gasteiger partial charge in [-0.3, -0.25) is 4.68 Å². The first-order valence-corrected chi connectivity index (χ1v) is 7.80. The van der Waals surface area contributed by atoms with Gasteiger partial charge < -0.3 is 5.11 Å². The number of hydrogen-bond acceptors (Lipinski definition) is 6. The minimum absolute atomic E-state index is 0.227. The van der Waals surface area contributed by atoms with Gasteiger partial charge in [0.15, 0.2) is 0 Å². The second kappa shape index (κ2) is 5.84. The van der Waals surface area contributed by atoms with Gasteiger partial charge in [0.2, 0.25) is 5.16 Å². The molecule has 0 atom stereocenters. The van der Waals surface area contributed by atoms with Crippen LogP contribution >= 0.6 is 11.8 Å². The largest absolute Gasteiger partial charge is 0.478 e. The second-order valence-electron chi connectivity index (χ2n) is 5.07. The highest BCUT2D eigenvalue weighted by Crippen LogP contribution is 2.32. The summed E-state index contributed by atoms with van der Waals surface area (Å²) in [6.45, 7) is 0. The Hall–Kier alpha value is -1.90. The van der Waals surface area contributed by atoms with E-state index in [0.717, 1.165) is 18.0 Å². The van der Waals surface area contributed by atoms with Crippen molar-refractivity contribution < 1.29 is 9.90 Å². The standard InChI is InChI=1S/C12H16N6O2S/c1-17-10(9(6-13-17)11(19)20)7-21-12-14-15-16-18(12)8-4-2-3-5-8/h6,8H,2-5,7H2,1H3,(H,19,20). The molecule has 1 fully saturated rings. The summed E-state index contributed by atoms with van der Waals surface area (Å²) in [4.78, 5) is 11.2. The third kappa shape index (κ3) is 2.78. The molecule has 0 unspecified atom stereocenters. The molecule has 112 valence electrons. The second-order valence-corrected chi connectivity index (χ2v) is 6.01. The maximum absolute atomic E-state index is 11.2. The third-order valence-corrected chi connectivity index (χ3v) is 4.71. The van der Waals surface area contributed by atoms with Crippen LogP contribution in [-0.4, -0.2) is 41.1 Å². The monoisotopic (exact) mass is 308 g/mol. The summed E-state index contributed by atoms with van der Waals surface area (Å²) in [5.41, 5.74) is 0.887. The minimum Gasteiger partial charge on any atom is -0.478 e. The summed E-state index contributed by atoms with van der Waals surface area (Å²) in [5, 5.41) is 25.8. The lowest BCUT2D eigenvalue weighted by molar-refractivity contribution is 0.0696. The number of aromatic nitrogens is 6. The van der Waals surface area contributed by atoms with Gasteiger partial charge in [-0.2, -0.15) is 5.10 Å². The Morgan fingerprint density at radius 1 is 1.48 bits per heavy atom. The summed E-state index contributed by atoms with van der Waals surface area (Å²) in [5.74, 6) is -0.486. The molecule has 2 aromatic heterocycles. The first-order chi connectivity index (χ1) is 10.2. The highest BCUT2D eigenvalue weighted by molar-refractivity contribution is 7.98. The zero-order chi connectivity index (χ0) is 14.8. The van der Waals surface area contributed by atoms with Gasteiger partial charge in [-0.05, 0) is 23.3 Å². The smallest absolute Gasteiger partial charge is 0.339 e. The van der Waals surface area contributed by atoms with E-state index in [-0.39, 0.29) is 5.56 Å². The van der Waals surface area contributed by atoms with Crippen molar-refractivity contribution >= 4 is 17.7 Å². The molecule has 1 N–H and O–H groups in total. The summed E-state index contributed by atoms with van der Waals surface area (Å²) >= 11 is 1.45. The fourth-order valence-electron chi connectivity index (χ4n) is 2.60. The predicted molar refractivity (Wildman–Crippen MR) is 75.1 cm³/mol. The van der Waals surface area contributed by atoms with Crippen molar-refractivity contribution in [1.82, 2.24) is 30.0 Å². The van der Waals surface area contributed by atoms with E-state index in [4.69, 9.17) is 5.11 Å². The van der Waals surface area contributed by atoms with Gasteiger partial charge in [0.05, 0.1) is 17.9 Å². The van der Waals surface area contributed by atoms with Crippen molar-refractivity contribution in [2.45, 2.75) is 42.6 Å². The molecule has 2 heterocycles. The fourth-order valence-corrected chi connectivity index (χ4v) is 3.62. The average Bonchev–Trinajstić information content (AvgIpc) is 3.16. The first kappa shape index (κ1) is 14.1. The van der Waals surface area contributed by atoms with Gasteiger partial charge in [-0.1, -0.05) is 24.6 Å². The molecule has 8 nitrogen and oxygen atoms in total. The molecule has 0 bridgehead atoms. The Kier molecular flexibility index (Phi) is 3.91. The van der Waals surface area contributed by atoms with Crippen molar-refractivity contribution in [1.29, 1.82) is 0 Å². The van der Waals surface area contributed by atoms with E-state index in [1.807, 2.05) is 4.68 Å². The lowest BCUT2D eigenvalue weighted by Crippen LogP contribution is -2.09. The molecule has 3 rings (SSSR count). The van der Waals surface area contributed by atoms with E-state index in [0.29, 0.717) is 17.5 Å². The Morgan fingerprint density at radius 3 is 2.95 bits per heavy atom. The number of thioether (sulfide) groups is 1. The Morgan fingerprint density at radius 2 is 2.24 bits per heavy atom. The van der Waals surface area contributed by atoms with E-state index in [9.17, 15) is 4.79 Å². The number of aryl methyl sites for hydroxylation is 1. The quantitative estimate of drug-likeness (QED) is 0.836. The van der Waals surface area contributed by atoms with E-state index in [1.165, 1.54) is 30.8 Å². The van der Waals surface area contributed by atoms with Crippen LogP contribution in [0.5, 0.6) is 0 Å². The minimum atomic E-state index is -0.964. The summed E-state index contributed by atoms with van der Waals surface area (Å²) in [6, 6.07) is 0.369. The molecular formula is C12H16N6O2S. The van der Waals surface area contributed by atoms with Crippen molar-refractivity contribution in [3.05, 3.63) is 17.5 Å². The van der Waals surface area contributed by atoms with Crippen LogP contribution < -0.4 is 0 Å². The SMILES string of the molecule is Cn1ncc(C(=O)O)c1CSc1nnnn1C1CCCC1. The fraction of sp³-hybridized carbons (Fsp3) is 0.583. The molecule has 21 heavy (non-hydrogen) atoms. The molecule has 9 heteroatoms. The van der Waals surface area contributed by atoms with Crippen LogP contribution in [0.4, 0.5) is 0 Å². The zero-order valence-electron chi connectivity index (χ0n) is 11.6. The van der Waals surface area contributed by atoms with Crippen molar-refractivity contribution in [2.24, 2.45) is 7.05 Å². The number of aromatic carboxylic acids is 1. The number of nitrogens with zero attached hydrogens (tertiary/aromatic N) is 6. The van der Waals surface area contributed by atoms with Crippen LogP contribution in [0, 0.1) is 0 Å². The molecule has 0 amide bonds. The molecule has 2 aromatic rings. The Bertz CT molecular complexity index is 646. The molecule has 0 radical (unpaired) electrons. The number of carbonyl (C=O) groups is 1. The van der Waals surface area contributed by atoms with Crippen LogP contribution in [0.15, 0.2) is 11.4 Å². The van der Waals surface area contributed by atoms with Gasteiger partial charge in [0.25, 0.3) is 0 Å². The van der Waals surface area contributed by atoms with E-state index >= 15 is 0 Å². The van der Waals surface area contributed by atoms with Gasteiger partial charge in [0.1, 0.15) is 5.56 Å². The highest BCUT2D eigenvalue weighted by atomic mass is 32.2.